The van der Waals surface area contributed by atoms with Gasteiger partial charge in [-0.25, -0.2) is 0 Å². The van der Waals surface area contributed by atoms with Crippen molar-refractivity contribution in [3.05, 3.63) is 71.4 Å². The average Bonchev–Trinajstić information content (AvgIpc) is 3.15. The topological polar surface area (TPSA) is 54.8 Å². The number of likely N-dealkylation sites (N-methyl/N-ethyl adjacent to an activating group) is 1. The molecule has 4 rings (SSSR count). The van der Waals surface area contributed by atoms with E-state index >= 15 is 0 Å². The molecule has 0 fully saturated rings. The summed E-state index contributed by atoms with van der Waals surface area (Å²) >= 11 is 0. The van der Waals surface area contributed by atoms with Crippen molar-refractivity contribution in [2.45, 2.75) is 25.8 Å². The Labute approximate surface area is 189 Å². The largest absolute Gasteiger partial charge is 0.383 e. The Morgan fingerprint density at radius 1 is 1.03 bits per heavy atom. The smallest absolute Gasteiger partial charge is 0.254 e. The number of amides is 2. The molecule has 0 unspecified atom stereocenters. The molecule has 0 N–H and O–H groups in total. The third-order valence-electron chi connectivity index (χ3n) is 6.56. The van der Waals surface area contributed by atoms with Crippen LogP contribution < -0.4 is 0 Å². The van der Waals surface area contributed by atoms with Gasteiger partial charge in [-0.3, -0.25) is 9.59 Å². The van der Waals surface area contributed by atoms with E-state index in [1.54, 1.807) is 7.11 Å². The second-order valence-corrected chi connectivity index (χ2v) is 8.22. The molecule has 0 radical (unpaired) electrons. The number of aryl methyl sites for hydroxylation is 1. The highest BCUT2D eigenvalue weighted by Crippen LogP contribution is 2.45. The van der Waals surface area contributed by atoms with Gasteiger partial charge >= 0.3 is 0 Å². The minimum absolute atomic E-state index is 0.0512. The van der Waals surface area contributed by atoms with Gasteiger partial charge < -0.3 is 19.1 Å². The molecule has 32 heavy (non-hydrogen) atoms. The number of hydrogen-bond acceptors (Lipinski definition) is 3. The average molecular weight is 434 g/mol. The van der Waals surface area contributed by atoms with Gasteiger partial charge in [0.2, 0.25) is 5.91 Å². The van der Waals surface area contributed by atoms with Crippen molar-refractivity contribution >= 4 is 22.7 Å². The fourth-order valence-corrected chi connectivity index (χ4v) is 4.98. The van der Waals surface area contributed by atoms with Crippen molar-refractivity contribution in [1.29, 1.82) is 0 Å². The highest BCUT2D eigenvalue weighted by molar-refractivity contribution is 6.02. The van der Waals surface area contributed by atoms with Gasteiger partial charge in [-0.2, -0.15) is 0 Å². The van der Waals surface area contributed by atoms with Crippen LogP contribution in [0.4, 0.5) is 0 Å². The number of benzene rings is 2. The molecule has 0 saturated heterocycles. The predicted octanol–water partition coefficient (Wildman–Crippen LogP) is 3.97. The molecule has 0 aliphatic carbocycles. The van der Waals surface area contributed by atoms with Gasteiger partial charge in [-0.1, -0.05) is 36.4 Å². The van der Waals surface area contributed by atoms with E-state index in [-0.39, 0.29) is 11.8 Å². The molecule has 2 atom stereocenters. The molecule has 6 heteroatoms. The van der Waals surface area contributed by atoms with E-state index in [0.29, 0.717) is 31.8 Å². The number of methoxy groups -OCH3 is 1. The molecule has 1 aliphatic heterocycles. The van der Waals surface area contributed by atoms with E-state index < -0.39 is 12.0 Å². The first kappa shape index (κ1) is 22.1. The summed E-state index contributed by atoms with van der Waals surface area (Å²) in [6, 6.07) is 15.3. The fourth-order valence-electron chi connectivity index (χ4n) is 4.98. The minimum atomic E-state index is -0.480. The van der Waals surface area contributed by atoms with Gasteiger partial charge in [0.1, 0.15) is 0 Å². The Kier molecular flexibility index (Phi) is 6.33. The zero-order chi connectivity index (χ0) is 22.8. The van der Waals surface area contributed by atoms with E-state index in [2.05, 4.69) is 22.9 Å². The number of carbonyl (C=O) groups excluding carboxylic acids is 2. The second kappa shape index (κ2) is 9.17. The quantitative estimate of drug-likeness (QED) is 0.567. The number of para-hydroxylation sites is 1. The lowest BCUT2D eigenvalue weighted by Crippen LogP contribution is -2.49. The first-order valence-corrected chi connectivity index (χ1v) is 11.2. The summed E-state index contributed by atoms with van der Waals surface area (Å²) in [6.45, 7) is 6.07. The third-order valence-corrected chi connectivity index (χ3v) is 6.56. The van der Waals surface area contributed by atoms with Gasteiger partial charge in [0.05, 0.1) is 18.6 Å². The molecule has 0 bridgehead atoms. The normalized spacial score (nSPS) is 18.1. The van der Waals surface area contributed by atoms with E-state index in [9.17, 15) is 9.59 Å². The summed E-state index contributed by atoms with van der Waals surface area (Å²) in [5.74, 6) is -0.485. The van der Waals surface area contributed by atoms with Gasteiger partial charge in [0, 0.05) is 62.0 Å². The first-order chi connectivity index (χ1) is 15.5. The van der Waals surface area contributed by atoms with Crippen molar-refractivity contribution < 1.29 is 14.3 Å². The lowest BCUT2D eigenvalue weighted by Gasteiger charge is -2.43. The summed E-state index contributed by atoms with van der Waals surface area (Å²) < 4.78 is 7.42. The molecule has 168 valence electrons. The summed E-state index contributed by atoms with van der Waals surface area (Å²) in [5.41, 5.74) is 3.48. The van der Waals surface area contributed by atoms with Crippen LogP contribution in [0.2, 0.25) is 0 Å². The van der Waals surface area contributed by atoms with E-state index in [0.717, 1.165) is 22.0 Å². The summed E-state index contributed by atoms with van der Waals surface area (Å²) in [5, 5.41) is 1.06. The zero-order valence-electron chi connectivity index (χ0n) is 19.2. The molecule has 2 amide bonds. The van der Waals surface area contributed by atoms with Crippen LogP contribution in [0.15, 0.2) is 54.7 Å². The van der Waals surface area contributed by atoms with Gasteiger partial charge in [0.25, 0.3) is 5.91 Å². The SMILES string of the molecule is CCN(CC)C(=O)[C@@H]1c2ccccc2C(=O)N(CCOC)[C@@H]1c1cn(C)c2ccccc12. The monoisotopic (exact) mass is 433 g/mol. The Morgan fingerprint density at radius 3 is 2.44 bits per heavy atom. The van der Waals surface area contributed by atoms with Crippen LogP contribution in [-0.4, -0.2) is 59.5 Å². The van der Waals surface area contributed by atoms with Crippen molar-refractivity contribution in [1.82, 2.24) is 14.4 Å². The first-order valence-electron chi connectivity index (χ1n) is 11.2. The van der Waals surface area contributed by atoms with Gasteiger partial charge in [0.15, 0.2) is 0 Å². The van der Waals surface area contributed by atoms with Crippen LogP contribution in [0.1, 0.15) is 47.3 Å². The maximum atomic E-state index is 13.9. The van der Waals surface area contributed by atoms with E-state index in [4.69, 9.17) is 4.74 Å². The molecule has 2 aromatic carbocycles. The van der Waals surface area contributed by atoms with E-state index in [1.165, 1.54) is 0 Å². The highest BCUT2D eigenvalue weighted by Gasteiger charge is 2.45. The van der Waals surface area contributed by atoms with Crippen LogP contribution in [0.3, 0.4) is 0 Å². The number of hydrogen-bond donors (Lipinski definition) is 0. The van der Waals surface area contributed by atoms with E-state index in [1.807, 2.05) is 67.1 Å². The number of rotatable bonds is 7. The van der Waals surface area contributed by atoms with Crippen LogP contribution in [-0.2, 0) is 16.6 Å². The molecular formula is C26H31N3O3. The molecule has 0 saturated carbocycles. The van der Waals surface area contributed by atoms with Crippen molar-refractivity contribution in [2.24, 2.45) is 7.05 Å². The lowest BCUT2D eigenvalue weighted by atomic mass is 9.78. The maximum absolute atomic E-state index is 13.9. The Hall–Kier alpha value is -3.12. The Bertz CT molecular complexity index is 1130. The highest BCUT2D eigenvalue weighted by atomic mass is 16.5. The van der Waals surface area contributed by atoms with Crippen molar-refractivity contribution in [3.63, 3.8) is 0 Å². The maximum Gasteiger partial charge on any atom is 0.254 e. The zero-order valence-corrected chi connectivity index (χ0v) is 19.2. The second-order valence-electron chi connectivity index (χ2n) is 8.22. The molecule has 1 aliphatic rings. The summed E-state index contributed by atoms with van der Waals surface area (Å²) in [4.78, 5) is 31.3. The molecule has 6 nitrogen and oxygen atoms in total. The third kappa shape index (κ3) is 3.58. The number of ether oxygens (including phenoxy) is 1. The minimum Gasteiger partial charge on any atom is -0.383 e. The van der Waals surface area contributed by atoms with Crippen LogP contribution in [0.5, 0.6) is 0 Å². The summed E-state index contributed by atoms with van der Waals surface area (Å²) in [6.07, 6.45) is 2.07. The molecule has 3 aromatic rings. The van der Waals surface area contributed by atoms with Crippen molar-refractivity contribution in [2.75, 3.05) is 33.4 Å². The summed E-state index contributed by atoms with van der Waals surface area (Å²) in [7, 11) is 3.64. The number of aromatic nitrogens is 1. The van der Waals surface area contributed by atoms with Crippen molar-refractivity contribution in [3.8, 4) is 0 Å². The molecule has 1 aromatic heterocycles. The predicted molar refractivity (Wildman–Crippen MR) is 126 cm³/mol. The standard InChI is InChI=1S/C26H31N3O3/c1-5-28(6-2)26(31)23-19-12-7-8-13-20(19)25(30)29(15-16-32-4)24(23)21-17-27(3)22-14-10-9-11-18(21)22/h7-14,17,23-24H,5-6,15-16H2,1-4H3/t23-,24-/m1/s1. The molecule has 2 heterocycles. The molecule has 0 spiro atoms. The number of fused-ring (bicyclic) bond motifs is 2. The van der Waals surface area contributed by atoms with Crippen LogP contribution >= 0.6 is 0 Å². The molecular weight excluding hydrogens is 402 g/mol. The Balaban J connectivity index is 1.98. The van der Waals surface area contributed by atoms with Gasteiger partial charge in [-0.15, -0.1) is 0 Å². The lowest BCUT2D eigenvalue weighted by molar-refractivity contribution is -0.134. The fraction of sp³-hybridized carbons (Fsp3) is 0.385. The van der Waals surface area contributed by atoms with Crippen LogP contribution in [0.25, 0.3) is 10.9 Å². The van der Waals surface area contributed by atoms with Crippen LogP contribution in [0, 0.1) is 0 Å². The number of carbonyl (C=O) groups is 2. The number of nitrogens with zero attached hydrogens (tertiary/aromatic N) is 3. The van der Waals surface area contributed by atoms with Gasteiger partial charge in [-0.05, 0) is 31.5 Å². The Morgan fingerprint density at radius 2 is 1.72 bits per heavy atom.